The summed E-state index contributed by atoms with van der Waals surface area (Å²) in [5, 5.41) is 14.7. The van der Waals surface area contributed by atoms with Gasteiger partial charge in [-0.3, -0.25) is 0 Å². The van der Waals surface area contributed by atoms with Gasteiger partial charge in [0.05, 0.1) is 11.3 Å². The summed E-state index contributed by atoms with van der Waals surface area (Å²) >= 11 is 5.83. The number of nitrogens with one attached hydrogen (secondary N) is 2. The van der Waals surface area contributed by atoms with E-state index in [9.17, 15) is 9.59 Å². The van der Waals surface area contributed by atoms with Crippen LogP contribution in [0.3, 0.4) is 0 Å². The molecule has 1 unspecified atom stereocenters. The lowest BCUT2D eigenvalue weighted by atomic mass is 9.82. The Morgan fingerprint density at radius 2 is 1.95 bits per heavy atom. The smallest absolute Gasteiger partial charge is 0.337 e. The van der Waals surface area contributed by atoms with Gasteiger partial charge in [0, 0.05) is 11.6 Å². The van der Waals surface area contributed by atoms with Crippen molar-refractivity contribution in [2.75, 3.05) is 11.9 Å². The van der Waals surface area contributed by atoms with E-state index in [0.717, 1.165) is 0 Å². The Kier molecular flexibility index (Phi) is 5.61. The molecule has 2 amide bonds. The lowest BCUT2D eigenvalue weighted by Crippen LogP contribution is -2.36. The Bertz CT molecular complexity index is 538. The van der Waals surface area contributed by atoms with Crippen LogP contribution < -0.4 is 10.6 Å². The average Bonchev–Trinajstić information content (AvgIpc) is 2.34. The average molecular weight is 313 g/mol. The lowest BCUT2D eigenvalue weighted by Gasteiger charge is -2.27. The molecule has 1 aromatic carbocycles. The first-order valence-electron chi connectivity index (χ1n) is 6.69. The first-order valence-corrected chi connectivity index (χ1v) is 7.06. The highest BCUT2D eigenvalue weighted by atomic mass is 35.5. The number of carboxylic acids is 1. The van der Waals surface area contributed by atoms with E-state index >= 15 is 0 Å². The van der Waals surface area contributed by atoms with Gasteiger partial charge in [0.15, 0.2) is 0 Å². The number of anilines is 1. The molecule has 1 atom stereocenters. The number of hydrogen-bond acceptors (Lipinski definition) is 2. The highest BCUT2D eigenvalue weighted by Crippen LogP contribution is 2.24. The molecule has 21 heavy (non-hydrogen) atoms. The molecule has 0 bridgehead atoms. The molecule has 0 aliphatic carbocycles. The Morgan fingerprint density at radius 3 is 2.48 bits per heavy atom. The molecule has 0 spiro atoms. The zero-order valence-corrected chi connectivity index (χ0v) is 13.4. The Morgan fingerprint density at radius 1 is 1.33 bits per heavy atom. The maximum absolute atomic E-state index is 11.9. The van der Waals surface area contributed by atoms with Crippen LogP contribution in [0.25, 0.3) is 0 Å². The van der Waals surface area contributed by atoms with E-state index in [1.807, 2.05) is 6.92 Å². The highest BCUT2D eigenvalue weighted by molar-refractivity contribution is 6.31. The molecule has 0 fully saturated rings. The molecule has 0 heterocycles. The molecule has 5 nitrogen and oxygen atoms in total. The molecule has 6 heteroatoms. The fourth-order valence-electron chi connectivity index (χ4n) is 1.52. The second-order valence-corrected chi connectivity index (χ2v) is 6.53. The number of hydrogen-bond donors (Lipinski definition) is 3. The van der Waals surface area contributed by atoms with Gasteiger partial charge in [0.2, 0.25) is 0 Å². The van der Waals surface area contributed by atoms with Gasteiger partial charge in [-0.1, -0.05) is 39.3 Å². The van der Waals surface area contributed by atoms with Crippen molar-refractivity contribution in [1.82, 2.24) is 5.32 Å². The van der Waals surface area contributed by atoms with Crippen LogP contribution in [0.1, 0.15) is 38.1 Å². The number of benzene rings is 1. The van der Waals surface area contributed by atoms with Gasteiger partial charge >= 0.3 is 12.0 Å². The number of rotatable bonds is 4. The SMILES string of the molecule is CC(CNC(=O)Nc1cc(Cl)ccc1C(=O)O)C(C)(C)C. The van der Waals surface area contributed by atoms with Crippen molar-refractivity contribution in [3.8, 4) is 0 Å². The van der Waals surface area contributed by atoms with Gasteiger partial charge in [0.25, 0.3) is 0 Å². The Labute approximate surface area is 129 Å². The summed E-state index contributed by atoms with van der Waals surface area (Å²) < 4.78 is 0. The van der Waals surface area contributed by atoms with Crippen LogP contribution in [0, 0.1) is 11.3 Å². The van der Waals surface area contributed by atoms with Crippen molar-refractivity contribution in [1.29, 1.82) is 0 Å². The van der Waals surface area contributed by atoms with Crippen LogP contribution in [0.5, 0.6) is 0 Å². The van der Waals surface area contributed by atoms with Crippen LogP contribution in [-0.4, -0.2) is 23.7 Å². The van der Waals surface area contributed by atoms with E-state index in [-0.39, 0.29) is 22.6 Å². The number of aromatic carboxylic acids is 1. The van der Waals surface area contributed by atoms with E-state index in [1.165, 1.54) is 18.2 Å². The quantitative estimate of drug-likeness (QED) is 0.790. The molecule has 0 saturated heterocycles. The first kappa shape index (κ1) is 17.3. The van der Waals surface area contributed by atoms with Gasteiger partial charge in [-0.2, -0.15) is 0 Å². The third-order valence-corrected chi connectivity index (χ3v) is 3.74. The molecular formula is C15H21ClN2O3. The Balaban J connectivity index is 2.71. The van der Waals surface area contributed by atoms with Gasteiger partial charge in [-0.15, -0.1) is 0 Å². The molecule has 3 N–H and O–H groups in total. The van der Waals surface area contributed by atoms with Crippen molar-refractivity contribution in [3.05, 3.63) is 28.8 Å². The lowest BCUT2D eigenvalue weighted by molar-refractivity contribution is 0.0698. The molecule has 0 saturated carbocycles. The van der Waals surface area contributed by atoms with Gasteiger partial charge < -0.3 is 15.7 Å². The normalized spacial score (nSPS) is 12.6. The van der Waals surface area contributed by atoms with E-state index in [1.54, 1.807) is 0 Å². The van der Waals surface area contributed by atoms with Crippen molar-refractivity contribution < 1.29 is 14.7 Å². The summed E-state index contributed by atoms with van der Waals surface area (Å²) in [7, 11) is 0. The third kappa shape index (κ3) is 5.27. The predicted octanol–water partition coefficient (Wildman–Crippen LogP) is 3.84. The molecule has 0 radical (unpaired) electrons. The second kappa shape index (κ2) is 6.80. The fraction of sp³-hybridized carbons (Fsp3) is 0.467. The summed E-state index contributed by atoms with van der Waals surface area (Å²) in [4.78, 5) is 23.0. The highest BCUT2D eigenvalue weighted by Gasteiger charge is 2.20. The zero-order chi connectivity index (χ0) is 16.2. The summed E-state index contributed by atoms with van der Waals surface area (Å²) in [6.07, 6.45) is 0. The largest absolute Gasteiger partial charge is 0.478 e. The van der Waals surface area contributed by atoms with E-state index in [0.29, 0.717) is 11.6 Å². The summed E-state index contributed by atoms with van der Waals surface area (Å²) in [6.45, 7) is 8.82. The maximum atomic E-state index is 11.9. The maximum Gasteiger partial charge on any atom is 0.337 e. The number of carbonyl (C=O) groups excluding carboxylic acids is 1. The van der Waals surface area contributed by atoms with Crippen LogP contribution in [0.15, 0.2) is 18.2 Å². The van der Waals surface area contributed by atoms with Gasteiger partial charge in [0.1, 0.15) is 0 Å². The van der Waals surface area contributed by atoms with E-state index in [4.69, 9.17) is 16.7 Å². The van der Waals surface area contributed by atoms with Gasteiger partial charge in [-0.25, -0.2) is 9.59 Å². The first-order chi connectivity index (χ1) is 9.61. The van der Waals surface area contributed by atoms with Crippen molar-refractivity contribution in [3.63, 3.8) is 0 Å². The molecule has 0 aliphatic rings. The number of halogens is 1. The van der Waals surface area contributed by atoms with E-state index in [2.05, 4.69) is 31.4 Å². The third-order valence-electron chi connectivity index (χ3n) is 3.51. The van der Waals surface area contributed by atoms with Crippen molar-refractivity contribution in [2.24, 2.45) is 11.3 Å². The summed E-state index contributed by atoms with van der Waals surface area (Å²) in [5.74, 6) is -0.841. The molecular weight excluding hydrogens is 292 g/mol. The van der Waals surface area contributed by atoms with E-state index < -0.39 is 12.0 Å². The fourth-order valence-corrected chi connectivity index (χ4v) is 1.70. The summed E-state index contributed by atoms with van der Waals surface area (Å²) in [6, 6.07) is 3.79. The minimum atomic E-state index is -1.12. The molecule has 1 aromatic rings. The van der Waals surface area contributed by atoms with Crippen molar-refractivity contribution in [2.45, 2.75) is 27.7 Å². The predicted molar refractivity (Wildman–Crippen MR) is 84.1 cm³/mol. The van der Waals surface area contributed by atoms with Crippen LogP contribution in [-0.2, 0) is 0 Å². The minimum Gasteiger partial charge on any atom is -0.478 e. The number of carboxylic acid groups (broad SMARTS) is 1. The topological polar surface area (TPSA) is 78.4 Å². The molecule has 0 aliphatic heterocycles. The molecule has 0 aromatic heterocycles. The number of carbonyl (C=O) groups is 2. The van der Waals surface area contributed by atoms with Crippen molar-refractivity contribution >= 4 is 29.3 Å². The van der Waals surface area contributed by atoms with Crippen LogP contribution >= 0.6 is 11.6 Å². The molecule has 1 rings (SSSR count). The second-order valence-electron chi connectivity index (χ2n) is 6.10. The Hall–Kier alpha value is -1.75. The standard InChI is InChI=1S/C15H21ClN2O3/c1-9(15(2,3)4)8-17-14(21)18-12-7-10(16)5-6-11(12)13(19)20/h5-7,9H,8H2,1-4H3,(H,19,20)(H2,17,18,21). The monoisotopic (exact) mass is 312 g/mol. The number of urea groups is 1. The zero-order valence-electron chi connectivity index (χ0n) is 12.7. The van der Waals surface area contributed by atoms with Crippen LogP contribution in [0.4, 0.5) is 10.5 Å². The summed E-state index contributed by atoms with van der Waals surface area (Å²) in [5.41, 5.74) is 0.254. The number of amides is 2. The van der Waals surface area contributed by atoms with Gasteiger partial charge in [-0.05, 0) is 29.5 Å². The van der Waals surface area contributed by atoms with Crippen LogP contribution in [0.2, 0.25) is 5.02 Å². The minimum absolute atomic E-state index is 0.00146. The molecule has 116 valence electrons.